The lowest BCUT2D eigenvalue weighted by Gasteiger charge is -2.14. The molecule has 2 heterocycles. The minimum absolute atomic E-state index is 0.140. The van der Waals surface area contributed by atoms with Crippen LogP contribution in [-0.4, -0.2) is 17.7 Å². The van der Waals surface area contributed by atoms with Gasteiger partial charge in [0, 0.05) is 35.7 Å². The Kier molecular flexibility index (Phi) is 4.80. The Morgan fingerprint density at radius 2 is 1.74 bits per heavy atom. The number of carbonyl (C=O) groups is 1. The first-order chi connectivity index (χ1) is 13.2. The van der Waals surface area contributed by atoms with Crippen LogP contribution in [0.4, 0.5) is 11.4 Å². The molecule has 3 aromatic rings. The van der Waals surface area contributed by atoms with Gasteiger partial charge in [-0.2, -0.15) is 0 Å². The SMILES string of the molecule is O=C(Nc1ccc(Cl)cc1)c1cc2c(cc1NCc1ccncc1)OCO2. The number of pyridine rings is 1. The lowest BCUT2D eigenvalue weighted by molar-refractivity contribution is 0.102. The zero-order valence-corrected chi connectivity index (χ0v) is 15.0. The molecule has 4 rings (SSSR count). The van der Waals surface area contributed by atoms with Gasteiger partial charge in [0.1, 0.15) is 0 Å². The Hall–Kier alpha value is -3.25. The van der Waals surface area contributed by atoms with Crippen LogP contribution in [0.3, 0.4) is 0 Å². The zero-order chi connectivity index (χ0) is 18.6. The van der Waals surface area contributed by atoms with E-state index in [0.717, 1.165) is 5.56 Å². The van der Waals surface area contributed by atoms with Crippen molar-refractivity contribution < 1.29 is 14.3 Å². The molecule has 6 nitrogen and oxygen atoms in total. The van der Waals surface area contributed by atoms with Gasteiger partial charge in [-0.3, -0.25) is 9.78 Å². The number of hydrogen-bond donors (Lipinski definition) is 2. The van der Waals surface area contributed by atoms with E-state index in [1.165, 1.54) is 0 Å². The van der Waals surface area contributed by atoms with Gasteiger partial charge in [-0.1, -0.05) is 11.6 Å². The molecular formula is C20H16ClN3O3. The van der Waals surface area contributed by atoms with Gasteiger partial charge in [-0.15, -0.1) is 0 Å². The largest absolute Gasteiger partial charge is 0.454 e. The van der Waals surface area contributed by atoms with E-state index >= 15 is 0 Å². The Balaban J connectivity index is 1.59. The van der Waals surface area contributed by atoms with Crippen molar-refractivity contribution >= 4 is 28.9 Å². The van der Waals surface area contributed by atoms with E-state index in [2.05, 4.69) is 15.6 Å². The Bertz CT molecular complexity index is 962. The third-order valence-corrected chi connectivity index (χ3v) is 4.34. The number of hydrogen-bond acceptors (Lipinski definition) is 5. The molecule has 1 aliphatic heterocycles. The molecule has 0 atom stereocenters. The summed E-state index contributed by atoms with van der Waals surface area (Å²) >= 11 is 5.90. The van der Waals surface area contributed by atoms with Crippen molar-refractivity contribution in [2.24, 2.45) is 0 Å². The number of ether oxygens (including phenoxy) is 2. The van der Waals surface area contributed by atoms with Crippen molar-refractivity contribution in [1.29, 1.82) is 0 Å². The van der Waals surface area contributed by atoms with Gasteiger partial charge in [0.25, 0.3) is 5.91 Å². The second-order valence-corrected chi connectivity index (χ2v) is 6.36. The molecule has 0 saturated heterocycles. The average Bonchev–Trinajstić information content (AvgIpc) is 3.15. The zero-order valence-electron chi connectivity index (χ0n) is 14.2. The van der Waals surface area contributed by atoms with Crippen molar-refractivity contribution in [3.8, 4) is 11.5 Å². The molecule has 1 aromatic heterocycles. The summed E-state index contributed by atoms with van der Waals surface area (Å²) in [6.45, 7) is 0.685. The molecule has 0 bridgehead atoms. The maximum atomic E-state index is 12.8. The molecule has 2 aromatic carbocycles. The van der Waals surface area contributed by atoms with Crippen LogP contribution in [0.15, 0.2) is 60.9 Å². The smallest absolute Gasteiger partial charge is 0.257 e. The van der Waals surface area contributed by atoms with Gasteiger partial charge in [0.2, 0.25) is 6.79 Å². The third kappa shape index (κ3) is 3.96. The molecule has 0 fully saturated rings. The summed E-state index contributed by atoms with van der Waals surface area (Å²) in [5.41, 5.74) is 2.82. The fraction of sp³-hybridized carbons (Fsp3) is 0.100. The molecule has 27 heavy (non-hydrogen) atoms. The Morgan fingerprint density at radius 1 is 1.04 bits per heavy atom. The highest BCUT2D eigenvalue weighted by atomic mass is 35.5. The Labute approximate surface area is 161 Å². The molecule has 0 saturated carbocycles. The second kappa shape index (κ2) is 7.55. The first-order valence-corrected chi connectivity index (χ1v) is 8.70. The number of carbonyl (C=O) groups excluding carboxylic acids is 1. The summed E-state index contributed by atoms with van der Waals surface area (Å²) in [6, 6.07) is 14.2. The maximum Gasteiger partial charge on any atom is 0.257 e. The maximum absolute atomic E-state index is 12.8. The van der Waals surface area contributed by atoms with E-state index in [9.17, 15) is 4.79 Å². The number of fused-ring (bicyclic) bond motifs is 1. The summed E-state index contributed by atoms with van der Waals surface area (Å²) in [6.07, 6.45) is 3.45. The number of anilines is 2. The summed E-state index contributed by atoms with van der Waals surface area (Å²) in [7, 11) is 0. The number of halogens is 1. The molecule has 136 valence electrons. The van der Waals surface area contributed by atoms with Crippen molar-refractivity contribution in [2.75, 3.05) is 17.4 Å². The van der Waals surface area contributed by atoms with E-state index in [0.29, 0.717) is 40.0 Å². The number of nitrogens with zero attached hydrogens (tertiary/aromatic N) is 1. The van der Waals surface area contributed by atoms with E-state index in [-0.39, 0.29) is 12.7 Å². The van der Waals surface area contributed by atoms with Crippen LogP contribution < -0.4 is 20.1 Å². The minimum Gasteiger partial charge on any atom is -0.454 e. The van der Waals surface area contributed by atoms with Gasteiger partial charge < -0.3 is 20.1 Å². The predicted octanol–water partition coefficient (Wildman–Crippen LogP) is 4.33. The first kappa shape index (κ1) is 17.2. The van der Waals surface area contributed by atoms with E-state index in [1.54, 1.807) is 48.8 Å². The normalized spacial score (nSPS) is 11.9. The van der Waals surface area contributed by atoms with Crippen molar-refractivity contribution in [3.63, 3.8) is 0 Å². The monoisotopic (exact) mass is 381 g/mol. The molecule has 0 unspecified atom stereocenters. The number of amides is 1. The van der Waals surface area contributed by atoms with E-state index in [4.69, 9.17) is 21.1 Å². The van der Waals surface area contributed by atoms with Crippen molar-refractivity contribution in [3.05, 3.63) is 77.1 Å². The topological polar surface area (TPSA) is 72.5 Å². The number of benzene rings is 2. The molecular weight excluding hydrogens is 366 g/mol. The molecule has 0 aliphatic carbocycles. The molecule has 2 N–H and O–H groups in total. The van der Waals surface area contributed by atoms with Crippen LogP contribution in [0.1, 0.15) is 15.9 Å². The Morgan fingerprint density at radius 3 is 2.48 bits per heavy atom. The molecule has 1 aliphatic rings. The van der Waals surface area contributed by atoms with Crippen LogP contribution in [0.2, 0.25) is 5.02 Å². The van der Waals surface area contributed by atoms with Crippen LogP contribution in [0, 0.1) is 0 Å². The van der Waals surface area contributed by atoms with Crippen LogP contribution in [0.25, 0.3) is 0 Å². The van der Waals surface area contributed by atoms with Gasteiger partial charge in [0.05, 0.1) is 11.3 Å². The molecule has 0 spiro atoms. The second-order valence-electron chi connectivity index (χ2n) is 5.92. The highest BCUT2D eigenvalue weighted by molar-refractivity contribution is 6.30. The predicted molar refractivity (Wildman–Crippen MR) is 104 cm³/mol. The van der Waals surface area contributed by atoms with Gasteiger partial charge in [0.15, 0.2) is 11.5 Å². The first-order valence-electron chi connectivity index (χ1n) is 8.32. The van der Waals surface area contributed by atoms with Crippen LogP contribution in [0.5, 0.6) is 11.5 Å². The quantitative estimate of drug-likeness (QED) is 0.688. The van der Waals surface area contributed by atoms with Gasteiger partial charge in [-0.05, 0) is 48.0 Å². The third-order valence-electron chi connectivity index (χ3n) is 4.09. The van der Waals surface area contributed by atoms with Gasteiger partial charge >= 0.3 is 0 Å². The lowest BCUT2D eigenvalue weighted by Crippen LogP contribution is -2.15. The highest BCUT2D eigenvalue weighted by Gasteiger charge is 2.21. The fourth-order valence-corrected chi connectivity index (χ4v) is 2.83. The number of nitrogens with one attached hydrogen (secondary N) is 2. The number of rotatable bonds is 5. The summed E-state index contributed by atoms with van der Waals surface area (Å²) in [5.74, 6) is 0.897. The minimum atomic E-state index is -0.257. The standard InChI is InChI=1S/C20H16ClN3O3/c21-14-1-3-15(4-2-14)24-20(25)16-9-18-19(27-12-26-18)10-17(16)23-11-13-5-7-22-8-6-13/h1-10,23H,11-12H2,(H,24,25). The van der Waals surface area contributed by atoms with Crippen molar-refractivity contribution in [2.45, 2.75) is 6.54 Å². The van der Waals surface area contributed by atoms with Crippen LogP contribution >= 0.6 is 11.6 Å². The lowest BCUT2D eigenvalue weighted by atomic mass is 10.1. The van der Waals surface area contributed by atoms with Crippen LogP contribution in [-0.2, 0) is 6.54 Å². The summed E-state index contributed by atoms with van der Waals surface area (Å²) in [5, 5.41) is 6.77. The van der Waals surface area contributed by atoms with Crippen molar-refractivity contribution in [1.82, 2.24) is 4.98 Å². The fourth-order valence-electron chi connectivity index (χ4n) is 2.71. The summed E-state index contributed by atoms with van der Waals surface area (Å²) < 4.78 is 10.9. The van der Waals surface area contributed by atoms with Gasteiger partial charge in [-0.25, -0.2) is 0 Å². The molecule has 0 radical (unpaired) electrons. The molecule has 1 amide bonds. The highest BCUT2D eigenvalue weighted by Crippen LogP contribution is 2.37. The van der Waals surface area contributed by atoms with E-state index in [1.807, 2.05) is 12.1 Å². The average molecular weight is 382 g/mol. The number of aromatic nitrogens is 1. The summed E-state index contributed by atoms with van der Waals surface area (Å²) in [4.78, 5) is 16.8. The van der Waals surface area contributed by atoms with E-state index < -0.39 is 0 Å². The molecule has 7 heteroatoms.